The van der Waals surface area contributed by atoms with Gasteiger partial charge in [-0.1, -0.05) is 0 Å². The van der Waals surface area contributed by atoms with E-state index in [2.05, 4.69) is 11.9 Å². The highest BCUT2D eigenvalue weighted by molar-refractivity contribution is 5.30. The fourth-order valence-corrected chi connectivity index (χ4v) is 1.48. The minimum Gasteiger partial charge on any atom is -0.376 e. The highest BCUT2D eigenvalue weighted by atomic mass is 16.5. The Labute approximate surface area is 66.2 Å². The van der Waals surface area contributed by atoms with Crippen LogP contribution < -0.4 is 0 Å². The number of fused-ring (bicyclic) bond motifs is 1. The number of aromatic nitrogens is 1. The van der Waals surface area contributed by atoms with Crippen LogP contribution >= 0.6 is 0 Å². The van der Waals surface area contributed by atoms with Crippen molar-refractivity contribution in [1.29, 1.82) is 0 Å². The molecule has 1 aliphatic rings. The van der Waals surface area contributed by atoms with Crippen LogP contribution in [0.2, 0.25) is 0 Å². The van der Waals surface area contributed by atoms with Crippen LogP contribution in [0.25, 0.3) is 0 Å². The number of pyridine rings is 1. The van der Waals surface area contributed by atoms with Gasteiger partial charge >= 0.3 is 0 Å². The average Bonchev–Trinajstić information content (AvgIpc) is 2.06. The summed E-state index contributed by atoms with van der Waals surface area (Å²) in [7, 11) is 0. The van der Waals surface area contributed by atoms with Gasteiger partial charge in [0.05, 0.1) is 13.2 Å². The van der Waals surface area contributed by atoms with E-state index in [0.29, 0.717) is 0 Å². The van der Waals surface area contributed by atoms with Crippen LogP contribution in [0.1, 0.15) is 16.8 Å². The summed E-state index contributed by atoms with van der Waals surface area (Å²) in [5, 5.41) is 0. The maximum atomic E-state index is 5.32. The molecule has 0 aromatic carbocycles. The van der Waals surface area contributed by atoms with Crippen molar-refractivity contribution >= 4 is 0 Å². The molecule has 0 amide bonds. The molecule has 2 rings (SSSR count). The molecule has 11 heavy (non-hydrogen) atoms. The highest BCUT2D eigenvalue weighted by Crippen LogP contribution is 2.17. The van der Waals surface area contributed by atoms with Crippen molar-refractivity contribution in [2.24, 2.45) is 0 Å². The van der Waals surface area contributed by atoms with Crippen LogP contribution in [-0.4, -0.2) is 11.6 Å². The molecule has 0 spiro atoms. The molecule has 1 aliphatic heterocycles. The third kappa shape index (κ3) is 1.14. The molecule has 0 radical (unpaired) electrons. The van der Waals surface area contributed by atoms with E-state index in [1.54, 1.807) is 0 Å². The second kappa shape index (κ2) is 2.62. The van der Waals surface area contributed by atoms with Crippen LogP contribution in [0, 0.1) is 6.92 Å². The van der Waals surface area contributed by atoms with Crippen molar-refractivity contribution in [3.63, 3.8) is 0 Å². The summed E-state index contributed by atoms with van der Waals surface area (Å²) < 4.78 is 5.32. The zero-order valence-electron chi connectivity index (χ0n) is 6.63. The average molecular weight is 149 g/mol. The maximum absolute atomic E-state index is 5.32. The van der Waals surface area contributed by atoms with Gasteiger partial charge < -0.3 is 4.74 Å². The van der Waals surface area contributed by atoms with Crippen molar-refractivity contribution in [3.05, 3.63) is 29.1 Å². The quantitative estimate of drug-likeness (QED) is 0.557. The summed E-state index contributed by atoms with van der Waals surface area (Å²) in [5.41, 5.74) is 3.85. The van der Waals surface area contributed by atoms with E-state index in [4.69, 9.17) is 4.74 Å². The van der Waals surface area contributed by atoms with E-state index < -0.39 is 0 Å². The van der Waals surface area contributed by atoms with Gasteiger partial charge in [-0.05, 0) is 30.5 Å². The van der Waals surface area contributed by atoms with E-state index >= 15 is 0 Å². The first-order chi connectivity index (χ1) is 5.38. The van der Waals surface area contributed by atoms with Crippen molar-refractivity contribution in [2.45, 2.75) is 20.0 Å². The number of aryl methyl sites for hydroxylation is 1. The smallest absolute Gasteiger partial charge is 0.0720 e. The third-order valence-corrected chi connectivity index (χ3v) is 2.12. The molecule has 0 fully saturated rings. The first-order valence-corrected chi connectivity index (χ1v) is 3.89. The standard InChI is InChI=1S/C9H11NO/c1-7-9-3-5-11-6-8(9)2-4-10-7/h2,4H,3,5-6H2,1H3. The Morgan fingerprint density at radius 2 is 2.45 bits per heavy atom. The lowest BCUT2D eigenvalue weighted by Gasteiger charge is -2.16. The Hall–Kier alpha value is -0.890. The number of ether oxygens (including phenoxy) is 1. The molecule has 58 valence electrons. The topological polar surface area (TPSA) is 22.1 Å². The van der Waals surface area contributed by atoms with Crippen LogP contribution in [0.5, 0.6) is 0 Å². The molecule has 1 aromatic heterocycles. The molecule has 0 atom stereocenters. The van der Waals surface area contributed by atoms with E-state index in [0.717, 1.165) is 25.3 Å². The Bertz CT molecular complexity index is 270. The minimum absolute atomic E-state index is 0.763. The summed E-state index contributed by atoms with van der Waals surface area (Å²) in [6.07, 6.45) is 2.87. The van der Waals surface area contributed by atoms with Crippen LogP contribution in [-0.2, 0) is 17.8 Å². The predicted octanol–water partition coefficient (Wildman–Crippen LogP) is 1.46. The van der Waals surface area contributed by atoms with Gasteiger partial charge in [0, 0.05) is 11.9 Å². The fourth-order valence-electron chi connectivity index (χ4n) is 1.48. The minimum atomic E-state index is 0.763. The number of hydrogen-bond acceptors (Lipinski definition) is 2. The van der Waals surface area contributed by atoms with Gasteiger partial charge in [-0.2, -0.15) is 0 Å². The molecule has 2 heterocycles. The van der Waals surface area contributed by atoms with Gasteiger partial charge in [-0.3, -0.25) is 4.98 Å². The highest BCUT2D eigenvalue weighted by Gasteiger charge is 2.10. The summed E-state index contributed by atoms with van der Waals surface area (Å²) >= 11 is 0. The molecular weight excluding hydrogens is 138 g/mol. The molecule has 0 unspecified atom stereocenters. The lowest BCUT2D eigenvalue weighted by Crippen LogP contribution is -2.11. The van der Waals surface area contributed by atoms with Gasteiger partial charge in [0.15, 0.2) is 0 Å². The van der Waals surface area contributed by atoms with Gasteiger partial charge in [0.2, 0.25) is 0 Å². The van der Waals surface area contributed by atoms with Gasteiger partial charge in [0.25, 0.3) is 0 Å². The molecule has 2 heteroatoms. The van der Waals surface area contributed by atoms with Crippen LogP contribution in [0.3, 0.4) is 0 Å². The van der Waals surface area contributed by atoms with E-state index in [1.807, 2.05) is 12.3 Å². The SMILES string of the molecule is Cc1nccc2c1CCOC2. The molecular formula is C9H11NO. The lowest BCUT2D eigenvalue weighted by atomic mass is 10.0. The molecule has 0 saturated carbocycles. The van der Waals surface area contributed by atoms with Crippen molar-refractivity contribution in [2.75, 3.05) is 6.61 Å². The molecule has 0 saturated heterocycles. The Balaban J connectivity index is 2.49. The maximum Gasteiger partial charge on any atom is 0.0720 e. The molecule has 2 nitrogen and oxygen atoms in total. The molecule has 0 aliphatic carbocycles. The van der Waals surface area contributed by atoms with Crippen LogP contribution in [0.4, 0.5) is 0 Å². The van der Waals surface area contributed by atoms with Crippen molar-refractivity contribution in [1.82, 2.24) is 4.98 Å². The largest absolute Gasteiger partial charge is 0.376 e. The van der Waals surface area contributed by atoms with Gasteiger partial charge in [-0.15, -0.1) is 0 Å². The van der Waals surface area contributed by atoms with Crippen LogP contribution in [0.15, 0.2) is 12.3 Å². The van der Waals surface area contributed by atoms with E-state index in [1.165, 1.54) is 11.1 Å². The summed E-state index contributed by atoms with van der Waals surface area (Å²) in [5.74, 6) is 0. The normalized spacial score (nSPS) is 16.1. The lowest BCUT2D eigenvalue weighted by molar-refractivity contribution is 0.110. The monoisotopic (exact) mass is 149 g/mol. The molecule has 0 bridgehead atoms. The van der Waals surface area contributed by atoms with Gasteiger partial charge in [0.1, 0.15) is 0 Å². The Kier molecular flexibility index (Phi) is 1.62. The Morgan fingerprint density at radius 1 is 1.55 bits per heavy atom. The third-order valence-electron chi connectivity index (χ3n) is 2.12. The van der Waals surface area contributed by atoms with E-state index in [9.17, 15) is 0 Å². The first-order valence-electron chi connectivity index (χ1n) is 3.89. The van der Waals surface area contributed by atoms with Crippen molar-refractivity contribution in [3.8, 4) is 0 Å². The zero-order valence-corrected chi connectivity index (χ0v) is 6.63. The summed E-state index contributed by atoms with van der Waals surface area (Å²) in [6, 6.07) is 2.04. The summed E-state index contributed by atoms with van der Waals surface area (Å²) in [6.45, 7) is 3.67. The second-order valence-corrected chi connectivity index (χ2v) is 2.84. The fraction of sp³-hybridized carbons (Fsp3) is 0.444. The number of hydrogen-bond donors (Lipinski definition) is 0. The summed E-state index contributed by atoms with van der Waals surface area (Å²) in [4.78, 5) is 4.24. The molecule has 0 N–H and O–H groups in total. The molecule has 1 aromatic rings. The zero-order chi connectivity index (χ0) is 7.68. The van der Waals surface area contributed by atoms with Gasteiger partial charge in [-0.25, -0.2) is 0 Å². The second-order valence-electron chi connectivity index (χ2n) is 2.84. The van der Waals surface area contributed by atoms with Crippen molar-refractivity contribution < 1.29 is 4.74 Å². The van der Waals surface area contributed by atoms with E-state index in [-0.39, 0.29) is 0 Å². The number of nitrogens with zero attached hydrogens (tertiary/aromatic N) is 1. The predicted molar refractivity (Wildman–Crippen MR) is 42.3 cm³/mol. The first kappa shape index (κ1) is 6.80. The number of rotatable bonds is 0. The Morgan fingerprint density at radius 3 is 3.27 bits per heavy atom.